The number of benzene rings is 1. The van der Waals surface area contributed by atoms with Gasteiger partial charge in [-0.3, -0.25) is 4.99 Å². The zero-order valence-electron chi connectivity index (χ0n) is 15.9. The Morgan fingerprint density at radius 2 is 1.96 bits per heavy atom. The molecule has 142 valence electrons. The second kappa shape index (κ2) is 9.18. The van der Waals surface area contributed by atoms with Crippen molar-refractivity contribution in [1.29, 1.82) is 0 Å². The summed E-state index contributed by atoms with van der Waals surface area (Å²) in [7, 11) is 5.75. The summed E-state index contributed by atoms with van der Waals surface area (Å²) in [6.45, 7) is 2.03. The first-order chi connectivity index (χ1) is 13.2. The van der Waals surface area contributed by atoms with Crippen molar-refractivity contribution in [1.82, 2.24) is 25.2 Å². The molecule has 0 atom stereocenters. The van der Waals surface area contributed by atoms with Crippen LogP contribution in [0, 0.1) is 0 Å². The predicted molar refractivity (Wildman–Crippen MR) is 111 cm³/mol. The number of aromatic nitrogens is 3. The number of aliphatic imine (C=N–C) groups is 1. The second-order valence-corrected chi connectivity index (χ2v) is 7.09. The standard InChI is InChI=1S/C19H25N7S/c1-20-18(22-11-16-14-27-19(24-16)25(2)3)23-12-17-21-9-10-26(17)13-15-7-5-4-6-8-15/h4-10,14H,11-13H2,1-3H3,(H2,20,22,23). The molecule has 3 rings (SSSR count). The first kappa shape index (κ1) is 18.9. The molecule has 0 amide bonds. The van der Waals surface area contributed by atoms with E-state index < -0.39 is 0 Å². The fourth-order valence-electron chi connectivity index (χ4n) is 2.57. The SMILES string of the molecule is CN=C(NCc1csc(N(C)C)n1)NCc1nccn1Cc1ccccc1. The molecule has 2 N–H and O–H groups in total. The van der Waals surface area contributed by atoms with Crippen molar-refractivity contribution < 1.29 is 0 Å². The van der Waals surface area contributed by atoms with Crippen molar-refractivity contribution in [2.45, 2.75) is 19.6 Å². The Kier molecular flexibility index (Phi) is 6.43. The number of nitrogens with one attached hydrogen (secondary N) is 2. The average Bonchev–Trinajstić information content (AvgIpc) is 3.32. The summed E-state index contributed by atoms with van der Waals surface area (Å²) < 4.78 is 2.14. The molecule has 0 bridgehead atoms. The third kappa shape index (κ3) is 5.30. The van der Waals surface area contributed by atoms with E-state index in [1.54, 1.807) is 18.4 Å². The van der Waals surface area contributed by atoms with Gasteiger partial charge in [0, 0.05) is 45.5 Å². The van der Waals surface area contributed by atoms with Crippen LogP contribution in [-0.2, 0) is 19.6 Å². The van der Waals surface area contributed by atoms with Crippen LogP contribution in [0.25, 0.3) is 0 Å². The van der Waals surface area contributed by atoms with Gasteiger partial charge in [0.2, 0.25) is 0 Å². The molecular formula is C19H25N7S. The summed E-state index contributed by atoms with van der Waals surface area (Å²) in [4.78, 5) is 15.3. The number of guanidine groups is 1. The Hall–Kier alpha value is -2.87. The van der Waals surface area contributed by atoms with Crippen LogP contribution in [0.1, 0.15) is 17.1 Å². The van der Waals surface area contributed by atoms with Gasteiger partial charge in [-0.15, -0.1) is 11.3 Å². The molecule has 0 aliphatic carbocycles. The number of imidazole rings is 1. The van der Waals surface area contributed by atoms with Crippen LogP contribution in [0.4, 0.5) is 5.13 Å². The highest BCUT2D eigenvalue weighted by Gasteiger charge is 2.07. The Morgan fingerprint density at radius 1 is 1.19 bits per heavy atom. The summed E-state index contributed by atoms with van der Waals surface area (Å²) in [5.74, 6) is 1.69. The summed E-state index contributed by atoms with van der Waals surface area (Å²) in [5.41, 5.74) is 2.25. The maximum Gasteiger partial charge on any atom is 0.191 e. The summed E-state index contributed by atoms with van der Waals surface area (Å²) in [6.07, 6.45) is 3.83. The number of hydrogen-bond acceptors (Lipinski definition) is 5. The van der Waals surface area contributed by atoms with E-state index in [4.69, 9.17) is 0 Å². The molecule has 3 aromatic rings. The number of nitrogens with zero attached hydrogens (tertiary/aromatic N) is 5. The fraction of sp³-hybridized carbons (Fsp3) is 0.316. The van der Waals surface area contributed by atoms with Crippen LogP contribution in [-0.4, -0.2) is 41.6 Å². The molecule has 0 spiro atoms. The van der Waals surface area contributed by atoms with Crippen molar-refractivity contribution in [3.05, 3.63) is 65.2 Å². The van der Waals surface area contributed by atoms with E-state index in [1.165, 1.54) is 5.56 Å². The highest BCUT2D eigenvalue weighted by molar-refractivity contribution is 7.13. The third-order valence-corrected chi connectivity index (χ3v) is 5.05. The van der Waals surface area contributed by atoms with Crippen LogP contribution in [0.5, 0.6) is 0 Å². The average molecular weight is 384 g/mol. The second-order valence-electron chi connectivity index (χ2n) is 6.25. The van der Waals surface area contributed by atoms with E-state index >= 15 is 0 Å². The lowest BCUT2D eigenvalue weighted by molar-refractivity contribution is 0.687. The zero-order chi connectivity index (χ0) is 19.1. The van der Waals surface area contributed by atoms with Gasteiger partial charge in [-0.1, -0.05) is 30.3 Å². The van der Waals surface area contributed by atoms with Crippen LogP contribution in [0.3, 0.4) is 0 Å². The number of hydrogen-bond donors (Lipinski definition) is 2. The molecule has 0 aliphatic heterocycles. The van der Waals surface area contributed by atoms with Gasteiger partial charge in [-0.05, 0) is 5.56 Å². The molecule has 0 radical (unpaired) electrons. The van der Waals surface area contributed by atoms with E-state index in [0.29, 0.717) is 13.1 Å². The molecule has 0 aliphatic rings. The largest absolute Gasteiger partial charge is 0.354 e. The summed E-state index contributed by atoms with van der Waals surface area (Å²) in [6, 6.07) is 10.4. The molecule has 0 unspecified atom stereocenters. The highest BCUT2D eigenvalue weighted by atomic mass is 32.1. The summed E-state index contributed by atoms with van der Waals surface area (Å²) >= 11 is 1.63. The normalized spacial score (nSPS) is 11.4. The van der Waals surface area contributed by atoms with Gasteiger partial charge >= 0.3 is 0 Å². The minimum absolute atomic E-state index is 0.597. The molecule has 2 aromatic heterocycles. The van der Waals surface area contributed by atoms with Crippen molar-refractivity contribution in [2.75, 3.05) is 26.0 Å². The van der Waals surface area contributed by atoms with Gasteiger partial charge in [0.05, 0.1) is 18.8 Å². The van der Waals surface area contributed by atoms with E-state index in [-0.39, 0.29) is 0 Å². The number of rotatable bonds is 7. The molecule has 27 heavy (non-hydrogen) atoms. The summed E-state index contributed by atoms with van der Waals surface area (Å²) in [5, 5.41) is 9.67. The van der Waals surface area contributed by atoms with Crippen LogP contribution in [0.15, 0.2) is 53.1 Å². The van der Waals surface area contributed by atoms with Gasteiger partial charge in [-0.2, -0.15) is 0 Å². The van der Waals surface area contributed by atoms with E-state index in [9.17, 15) is 0 Å². The van der Waals surface area contributed by atoms with Gasteiger partial charge in [0.25, 0.3) is 0 Å². The van der Waals surface area contributed by atoms with E-state index in [2.05, 4.69) is 59.8 Å². The van der Waals surface area contributed by atoms with Crippen LogP contribution < -0.4 is 15.5 Å². The molecule has 8 heteroatoms. The van der Waals surface area contributed by atoms with Gasteiger partial charge in [-0.25, -0.2) is 9.97 Å². The van der Waals surface area contributed by atoms with Gasteiger partial charge in [0.15, 0.2) is 11.1 Å². The lowest BCUT2D eigenvalue weighted by atomic mass is 10.2. The van der Waals surface area contributed by atoms with Crippen molar-refractivity contribution in [3.63, 3.8) is 0 Å². The lowest BCUT2D eigenvalue weighted by Crippen LogP contribution is -2.37. The Morgan fingerprint density at radius 3 is 2.67 bits per heavy atom. The minimum atomic E-state index is 0.597. The predicted octanol–water partition coefficient (Wildman–Crippen LogP) is 2.32. The first-order valence-corrected chi connectivity index (χ1v) is 9.64. The highest BCUT2D eigenvalue weighted by Crippen LogP contribution is 2.17. The molecule has 1 aromatic carbocycles. The van der Waals surface area contributed by atoms with Gasteiger partial charge < -0.3 is 20.1 Å². The Balaban J connectivity index is 1.53. The van der Waals surface area contributed by atoms with Crippen LogP contribution in [0.2, 0.25) is 0 Å². The topological polar surface area (TPSA) is 70.4 Å². The fourth-order valence-corrected chi connectivity index (χ4v) is 3.33. The maximum atomic E-state index is 4.57. The molecular weight excluding hydrogens is 358 g/mol. The lowest BCUT2D eigenvalue weighted by Gasteiger charge is -2.12. The monoisotopic (exact) mass is 383 g/mol. The molecule has 2 heterocycles. The molecule has 7 nitrogen and oxygen atoms in total. The van der Waals surface area contributed by atoms with Gasteiger partial charge in [0.1, 0.15) is 5.82 Å². The molecule has 0 saturated heterocycles. The Bertz CT molecular complexity index is 867. The zero-order valence-corrected chi connectivity index (χ0v) is 16.7. The Labute approximate surface area is 163 Å². The van der Waals surface area contributed by atoms with Crippen molar-refractivity contribution in [3.8, 4) is 0 Å². The minimum Gasteiger partial charge on any atom is -0.354 e. The van der Waals surface area contributed by atoms with E-state index in [1.807, 2.05) is 37.5 Å². The number of thiazole rings is 1. The molecule has 0 saturated carbocycles. The number of anilines is 1. The first-order valence-electron chi connectivity index (χ1n) is 8.76. The van der Waals surface area contributed by atoms with E-state index in [0.717, 1.165) is 29.2 Å². The van der Waals surface area contributed by atoms with Crippen LogP contribution >= 0.6 is 11.3 Å². The quantitative estimate of drug-likeness (QED) is 0.484. The van der Waals surface area contributed by atoms with Crippen molar-refractivity contribution >= 4 is 22.4 Å². The molecule has 0 fully saturated rings. The van der Waals surface area contributed by atoms with Crippen molar-refractivity contribution in [2.24, 2.45) is 4.99 Å². The smallest absolute Gasteiger partial charge is 0.191 e. The third-order valence-electron chi connectivity index (χ3n) is 3.99. The maximum absolute atomic E-state index is 4.57.